The fourth-order valence-electron chi connectivity index (χ4n) is 3.56. The van der Waals surface area contributed by atoms with Gasteiger partial charge in [0.1, 0.15) is 5.75 Å². The summed E-state index contributed by atoms with van der Waals surface area (Å²) in [6, 6.07) is 19.8. The molecule has 0 fully saturated rings. The van der Waals surface area contributed by atoms with Gasteiger partial charge in [0.25, 0.3) is 5.91 Å². The van der Waals surface area contributed by atoms with E-state index >= 15 is 0 Å². The predicted molar refractivity (Wildman–Crippen MR) is 140 cm³/mol. The molecule has 0 atom stereocenters. The minimum atomic E-state index is -3.55. The van der Waals surface area contributed by atoms with Crippen LogP contribution in [-0.2, 0) is 16.6 Å². The quantitative estimate of drug-likeness (QED) is 0.324. The molecule has 6 nitrogen and oxygen atoms in total. The van der Waals surface area contributed by atoms with E-state index in [0.717, 1.165) is 21.2 Å². The van der Waals surface area contributed by atoms with Crippen molar-refractivity contribution in [3.8, 4) is 5.75 Å². The normalized spacial score (nSPS) is 11.4. The Morgan fingerprint density at radius 1 is 1.06 bits per heavy atom. The van der Waals surface area contributed by atoms with Crippen molar-refractivity contribution in [2.45, 2.75) is 13.5 Å². The van der Waals surface area contributed by atoms with Gasteiger partial charge in [-0.1, -0.05) is 29.8 Å². The van der Waals surface area contributed by atoms with Gasteiger partial charge >= 0.3 is 0 Å². The molecule has 3 aromatic carbocycles. The number of amides is 1. The van der Waals surface area contributed by atoms with Gasteiger partial charge in [-0.3, -0.25) is 9.10 Å². The highest BCUT2D eigenvalue weighted by molar-refractivity contribution is 7.92. The molecule has 9 heteroatoms. The van der Waals surface area contributed by atoms with Crippen LogP contribution in [0.25, 0.3) is 10.1 Å². The summed E-state index contributed by atoms with van der Waals surface area (Å²) in [5.74, 6) is 0.320. The highest BCUT2D eigenvalue weighted by atomic mass is 35.5. The molecule has 4 rings (SSSR count). The van der Waals surface area contributed by atoms with E-state index in [4.69, 9.17) is 16.3 Å². The van der Waals surface area contributed by atoms with Crippen LogP contribution in [0.2, 0.25) is 5.02 Å². The number of ether oxygens (including phenoxy) is 1. The molecular formula is C25H23ClN2O4S2. The second-order valence-electron chi connectivity index (χ2n) is 7.89. The van der Waals surface area contributed by atoms with Crippen LogP contribution in [0.1, 0.15) is 20.8 Å². The van der Waals surface area contributed by atoms with E-state index < -0.39 is 10.0 Å². The number of sulfonamides is 1. The predicted octanol–water partition coefficient (Wildman–Crippen LogP) is 6.09. The fourth-order valence-corrected chi connectivity index (χ4v) is 5.50. The van der Waals surface area contributed by atoms with Crippen LogP contribution in [0.5, 0.6) is 5.75 Å². The van der Waals surface area contributed by atoms with Crippen LogP contribution < -0.4 is 14.4 Å². The van der Waals surface area contributed by atoms with Crippen LogP contribution in [0.4, 0.5) is 11.4 Å². The maximum Gasteiger partial charge on any atom is 0.265 e. The van der Waals surface area contributed by atoms with Crippen molar-refractivity contribution in [1.29, 1.82) is 0 Å². The third-order valence-electron chi connectivity index (χ3n) is 5.25. The molecular weight excluding hydrogens is 492 g/mol. The number of halogens is 1. The highest BCUT2D eigenvalue weighted by Crippen LogP contribution is 2.32. The molecule has 0 aliphatic carbocycles. The smallest absolute Gasteiger partial charge is 0.265 e. The first-order valence-electron chi connectivity index (χ1n) is 10.4. The zero-order valence-electron chi connectivity index (χ0n) is 18.8. The summed E-state index contributed by atoms with van der Waals surface area (Å²) in [5, 5.41) is 4.28. The number of carbonyl (C=O) groups is 1. The molecule has 1 heterocycles. The fraction of sp³-hybridized carbons (Fsp3) is 0.160. The van der Waals surface area contributed by atoms with Gasteiger partial charge in [0, 0.05) is 9.72 Å². The van der Waals surface area contributed by atoms with E-state index in [1.165, 1.54) is 21.9 Å². The average molecular weight is 515 g/mol. The second-order valence-corrected chi connectivity index (χ2v) is 11.3. The molecule has 1 amide bonds. The topological polar surface area (TPSA) is 75.7 Å². The van der Waals surface area contributed by atoms with Gasteiger partial charge < -0.3 is 10.1 Å². The van der Waals surface area contributed by atoms with Crippen LogP contribution in [0.3, 0.4) is 0 Å². The standard InChI is InChI=1S/C25H23ClN2O4S2/c1-16-4-10-22(32-2)21(12-16)27-25(29)24-14-18-13-20(9-11-23(18)33-24)28(34(3,30)31)15-17-5-7-19(26)8-6-17/h4-14H,15H2,1-3H3,(H,27,29). The van der Waals surface area contributed by atoms with E-state index in [-0.39, 0.29) is 12.5 Å². The summed E-state index contributed by atoms with van der Waals surface area (Å²) in [5.41, 5.74) is 2.93. The number of hydrogen-bond acceptors (Lipinski definition) is 5. The lowest BCUT2D eigenvalue weighted by molar-refractivity contribution is 0.103. The molecule has 0 radical (unpaired) electrons. The van der Waals surface area contributed by atoms with Gasteiger partial charge in [0.2, 0.25) is 10.0 Å². The van der Waals surface area contributed by atoms with Crippen LogP contribution in [-0.4, -0.2) is 27.7 Å². The van der Waals surface area contributed by atoms with Gasteiger partial charge in [-0.25, -0.2) is 8.42 Å². The first-order valence-corrected chi connectivity index (χ1v) is 13.4. The molecule has 1 aromatic heterocycles. The number of thiophene rings is 1. The Labute approximate surface area is 207 Å². The van der Waals surface area contributed by atoms with Crippen molar-refractivity contribution in [3.05, 3.63) is 87.8 Å². The van der Waals surface area contributed by atoms with Crippen molar-refractivity contribution in [1.82, 2.24) is 0 Å². The maximum absolute atomic E-state index is 12.9. The van der Waals surface area contributed by atoms with Gasteiger partial charge in [0.05, 0.1) is 36.2 Å². The number of benzene rings is 3. The number of nitrogens with one attached hydrogen (secondary N) is 1. The third kappa shape index (κ3) is 5.35. The molecule has 176 valence electrons. The van der Waals surface area contributed by atoms with E-state index in [9.17, 15) is 13.2 Å². The average Bonchev–Trinajstić information content (AvgIpc) is 3.22. The molecule has 0 unspecified atom stereocenters. The van der Waals surface area contributed by atoms with Crippen molar-refractivity contribution >= 4 is 60.3 Å². The molecule has 0 bridgehead atoms. The van der Waals surface area contributed by atoms with Gasteiger partial charge in [-0.15, -0.1) is 11.3 Å². The number of aryl methyl sites for hydroxylation is 1. The Kier molecular flexibility index (Phi) is 6.84. The number of nitrogens with zero attached hydrogens (tertiary/aromatic N) is 1. The molecule has 4 aromatic rings. The maximum atomic E-state index is 12.9. The SMILES string of the molecule is COc1ccc(C)cc1NC(=O)c1cc2cc(N(Cc3ccc(Cl)cc3)S(C)(=O)=O)ccc2s1. The van der Waals surface area contributed by atoms with Crippen molar-refractivity contribution < 1.29 is 17.9 Å². The summed E-state index contributed by atoms with van der Waals surface area (Å²) in [7, 11) is -1.99. The van der Waals surface area contributed by atoms with E-state index in [2.05, 4.69) is 5.32 Å². The van der Waals surface area contributed by atoms with Crippen LogP contribution >= 0.6 is 22.9 Å². The number of fused-ring (bicyclic) bond motifs is 1. The number of rotatable bonds is 7. The molecule has 34 heavy (non-hydrogen) atoms. The van der Waals surface area contributed by atoms with Gasteiger partial charge in [-0.05, 0) is 72.0 Å². The minimum absolute atomic E-state index is 0.173. The Bertz CT molecular complexity index is 1460. The second kappa shape index (κ2) is 9.66. The number of carbonyl (C=O) groups excluding carboxylic acids is 1. The first kappa shape index (κ1) is 24.1. The highest BCUT2D eigenvalue weighted by Gasteiger charge is 2.20. The lowest BCUT2D eigenvalue weighted by Gasteiger charge is -2.22. The number of anilines is 2. The lowest BCUT2D eigenvalue weighted by atomic mass is 10.2. The van der Waals surface area contributed by atoms with Gasteiger partial charge in [-0.2, -0.15) is 0 Å². The first-order chi connectivity index (χ1) is 16.1. The number of methoxy groups -OCH3 is 1. The van der Waals surface area contributed by atoms with E-state index in [1.54, 1.807) is 49.6 Å². The molecule has 0 spiro atoms. The Hall–Kier alpha value is -3.07. The van der Waals surface area contributed by atoms with Crippen molar-refractivity contribution in [2.75, 3.05) is 23.0 Å². The molecule has 0 aliphatic heterocycles. The van der Waals surface area contributed by atoms with Crippen LogP contribution in [0, 0.1) is 6.92 Å². The van der Waals surface area contributed by atoms with Crippen LogP contribution in [0.15, 0.2) is 66.7 Å². The summed E-state index contributed by atoms with van der Waals surface area (Å²) in [4.78, 5) is 13.4. The van der Waals surface area contributed by atoms with E-state index in [0.29, 0.717) is 27.0 Å². The molecule has 0 saturated carbocycles. The van der Waals surface area contributed by atoms with Crippen molar-refractivity contribution in [3.63, 3.8) is 0 Å². The summed E-state index contributed by atoms with van der Waals surface area (Å²) >= 11 is 7.29. The molecule has 0 aliphatic rings. The lowest BCUT2D eigenvalue weighted by Crippen LogP contribution is -2.29. The largest absolute Gasteiger partial charge is 0.495 e. The zero-order valence-corrected chi connectivity index (χ0v) is 21.2. The van der Waals surface area contributed by atoms with Crippen molar-refractivity contribution in [2.24, 2.45) is 0 Å². The Morgan fingerprint density at radius 3 is 2.47 bits per heavy atom. The monoisotopic (exact) mass is 514 g/mol. The summed E-state index contributed by atoms with van der Waals surface area (Å²) in [6.07, 6.45) is 1.18. The number of hydrogen-bond donors (Lipinski definition) is 1. The Balaban J connectivity index is 1.63. The minimum Gasteiger partial charge on any atom is -0.495 e. The summed E-state index contributed by atoms with van der Waals surface area (Å²) in [6.45, 7) is 2.11. The molecule has 1 N–H and O–H groups in total. The Morgan fingerprint density at radius 2 is 1.79 bits per heavy atom. The zero-order chi connectivity index (χ0) is 24.5. The summed E-state index contributed by atoms with van der Waals surface area (Å²) < 4.78 is 32.7. The van der Waals surface area contributed by atoms with Gasteiger partial charge in [0.15, 0.2) is 0 Å². The molecule has 0 saturated heterocycles. The van der Waals surface area contributed by atoms with E-state index in [1.807, 2.05) is 31.2 Å². The third-order valence-corrected chi connectivity index (χ3v) is 7.76.